The first-order valence-corrected chi connectivity index (χ1v) is 9.70. The molecule has 0 saturated carbocycles. The van der Waals surface area contributed by atoms with Crippen molar-refractivity contribution in [1.29, 1.82) is 0 Å². The van der Waals surface area contributed by atoms with Crippen molar-refractivity contribution in [3.63, 3.8) is 0 Å². The highest BCUT2D eigenvalue weighted by molar-refractivity contribution is 7.99. The van der Waals surface area contributed by atoms with Gasteiger partial charge in [0.2, 0.25) is 5.78 Å². The monoisotopic (exact) mass is 363 g/mol. The number of nitrogens with two attached hydrogens (primary N) is 1. The Kier molecular flexibility index (Phi) is 5.01. The van der Waals surface area contributed by atoms with Crippen molar-refractivity contribution >= 4 is 55.5 Å². The Morgan fingerprint density at radius 3 is 2.74 bits per heavy atom. The highest BCUT2D eigenvalue weighted by Crippen LogP contribution is 2.42. The van der Waals surface area contributed by atoms with Gasteiger partial charge in [0.25, 0.3) is 0 Å². The number of fused-ring (bicyclic) bond motifs is 1. The molecule has 0 aliphatic rings. The Morgan fingerprint density at radius 1 is 1.30 bits per heavy atom. The molecular formula is C16H17N3OS3. The van der Waals surface area contributed by atoms with Gasteiger partial charge in [0, 0.05) is 17.9 Å². The minimum Gasteiger partial charge on any atom is -0.397 e. The fraction of sp³-hybridized carbons (Fsp3) is 0.250. The van der Waals surface area contributed by atoms with E-state index in [2.05, 4.69) is 9.27 Å². The van der Waals surface area contributed by atoms with Gasteiger partial charge in [-0.1, -0.05) is 30.3 Å². The van der Waals surface area contributed by atoms with Crippen LogP contribution in [0.5, 0.6) is 0 Å². The summed E-state index contributed by atoms with van der Waals surface area (Å²) in [5.41, 5.74) is 7.53. The molecule has 0 fully saturated rings. The summed E-state index contributed by atoms with van der Waals surface area (Å²) in [6.45, 7) is 0.976. The van der Waals surface area contributed by atoms with Crippen LogP contribution in [0.3, 0.4) is 0 Å². The van der Waals surface area contributed by atoms with Gasteiger partial charge in [-0.3, -0.25) is 4.79 Å². The van der Waals surface area contributed by atoms with Gasteiger partial charge in [0.05, 0.1) is 11.1 Å². The summed E-state index contributed by atoms with van der Waals surface area (Å²) in [4.78, 5) is 15.4. The molecule has 0 bridgehead atoms. The quantitative estimate of drug-likeness (QED) is 0.533. The van der Waals surface area contributed by atoms with Crippen molar-refractivity contribution < 1.29 is 4.79 Å². The number of hydrogen-bond acceptors (Lipinski definition) is 7. The molecule has 2 aromatic heterocycles. The molecule has 0 aliphatic heterocycles. The maximum Gasteiger partial charge on any atom is 0.205 e. The van der Waals surface area contributed by atoms with Gasteiger partial charge in [0.15, 0.2) is 0 Å². The van der Waals surface area contributed by atoms with Crippen molar-refractivity contribution in [2.24, 2.45) is 0 Å². The first-order valence-electron chi connectivity index (χ1n) is 7.13. The Balaban J connectivity index is 1.90. The van der Waals surface area contributed by atoms with E-state index in [0.717, 1.165) is 26.7 Å². The van der Waals surface area contributed by atoms with E-state index in [-0.39, 0.29) is 5.78 Å². The summed E-state index contributed by atoms with van der Waals surface area (Å²) in [6, 6.07) is 9.27. The van der Waals surface area contributed by atoms with Crippen molar-refractivity contribution in [2.45, 2.75) is 5.03 Å². The smallest absolute Gasteiger partial charge is 0.205 e. The molecule has 1 aromatic carbocycles. The maximum absolute atomic E-state index is 12.7. The van der Waals surface area contributed by atoms with Crippen molar-refractivity contribution in [2.75, 3.05) is 32.1 Å². The van der Waals surface area contributed by atoms with E-state index in [1.807, 2.05) is 44.4 Å². The number of thiophene rings is 1. The van der Waals surface area contributed by atoms with Crippen LogP contribution in [-0.4, -0.2) is 41.4 Å². The molecule has 0 atom stereocenters. The lowest BCUT2D eigenvalue weighted by atomic mass is 10.1. The molecule has 23 heavy (non-hydrogen) atoms. The van der Waals surface area contributed by atoms with Gasteiger partial charge in [-0.15, -0.1) is 23.1 Å². The van der Waals surface area contributed by atoms with Crippen LogP contribution < -0.4 is 5.73 Å². The average molecular weight is 364 g/mol. The van der Waals surface area contributed by atoms with E-state index in [0.29, 0.717) is 16.1 Å². The number of aromatic nitrogens is 1. The van der Waals surface area contributed by atoms with Gasteiger partial charge in [-0.25, -0.2) is 0 Å². The molecule has 0 saturated heterocycles. The number of carbonyl (C=O) groups excluding carboxylic acids is 1. The third-order valence-electron chi connectivity index (χ3n) is 3.36. The fourth-order valence-electron chi connectivity index (χ4n) is 2.13. The van der Waals surface area contributed by atoms with Crippen molar-refractivity contribution in [3.05, 3.63) is 40.8 Å². The van der Waals surface area contributed by atoms with Crippen molar-refractivity contribution in [3.8, 4) is 0 Å². The molecule has 2 N–H and O–H groups in total. The van der Waals surface area contributed by atoms with Crippen LogP contribution in [0.2, 0.25) is 0 Å². The number of nitrogen functional groups attached to an aromatic ring is 1. The van der Waals surface area contributed by atoms with Crippen LogP contribution >= 0.6 is 34.6 Å². The largest absolute Gasteiger partial charge is 0.397 e. The number of anilines is 1. The molecule has 4 nitrogen and oxygen atoms in total. The predicted molar refractivity (Wildman–Crippen MR) is 101 cm³/mol. The van der Waals surface area contributed by atoms with E-state index >= 15 is 0 Å². The standard InChI is InChI=1S/C16H17N3OS3/c1-19(2)8-9-21-15-11-12(17)14(22-16(11)23-18-15)13(20)10-6-4-3-5-7-10/h3-7H,8-9,17H2,1-2H3. The molecule has 0 spiro atoms. The minimum absolute atomic E-state index is 0.0132. The molecule has 2 heterocycles. The average Bonchev–Trinajstić information content (AvgIpc) is 3.08. The maximum atomic E-state index is 12.7. The fourth-order valence-corrected chi connectivity index (χ4v) is 5.57. The second kappa shape index (κ2) is 7.00. The van der Waals surface area contributed by atoms with Gasteiger partial charge in [-0.2, -0.15) is 4.37 Å². The first-order chi connectivity index (χ1) is 11.1. The van der Waals surface area contributed by atoms with E-state index in [9.17, 15) is 4.79 Å². The number of nitrogens with zero attached hydrogens (tertiary/aromatic N) is 2. The Hall–Kier alpha value is -1.41. The Bertz CT molecular complexity index is 824. The molecule has 120 valence electrons. The molecule has 7 heteroatoms. The summed E-state index contributed by atoms with van der Waals surface area (Å²) in [5, 5.41) is 1.88. The van der Waals surface area contributed by atoms with Crippen LogP contribution in [0.15, 0.2) is 35.4 Å². The summed E-state index contributed by atoms with van der Waals surface area (Å²) in [7, 11) is 4.10. The second-order valence-corrected chi connectivity index (χ2v) is 8.48. The summed E-state index contributed by atoms with van der Waals surface area (Å²) in [5.74, 6) is 0.934. The topological polar surface area (TPSA) is 59.2 Å². The third-order valence-corrected chi connectivity index (χ3v) is 6.55. The molecule has 0 unspecified atom stereocenters. The Labute approximate surface area is 147 Å². The van der Waals surface area contributed by atoms with E-state index in [1.54, 1.807) is 11.8 Å². The van der Waals surface area contributed by atoms with Gasteiger partial charge in [-0.05, 0) is 25.6 Å². The van der Waals surface area contributed by atoms with Gasteiger partial charge < -0.3 is 10.6 Å². The number of ketones is 1. The van der Waals surface area contributed by atoms with Crippen LogP contribution in [0.1, 0.15) is 15.2 Å². The molecule has 0 amide bonds. The zero-order valence-electron chi connectivity index (χ0n) is 12.9. The summed E-state index contributed by atoms with van der Waals surface area (Å²) < 4.78 is 5.51. The van der Waals surface area contributed by atoms with E-state index in [1.165, 1.54) is 22.9 Å². The molecular weight excluding hydrogens is 346 g/mol. The second-order valence-electron chi connectivity index (χ2n) is 5.34. The number of thioether (sulfide) groups is 1. The van der Waals surface area contributed by atoms with Crippen LogP contribution in [0.25, 0.3) is 9.40 Å². The van der Waals surface area contributed by atoms with Gasteiger partial charge in [0.1, 0.15) is 13.9 Å². The lowest BCUT2D eigenvalue weighted by Gasteiger charge is -2.07. The normalized spacial score (nSPS) is 11.4. The van der Waals surface area contributed by atoms with Gasteiger partial charge >= 0.3 is 0 Å². The third kappa shape index (κ3) is 3.42. The predicted octanol–water partition coefficient (Wildman–Crippen LogP) is 3.82. The van der Waals surface area contributed by atoms with Crippen molar-refractivity contribution in [1.82, 2.24) is 9.27 Å². The molecule has 3 rings (SSSR count). The van der Waals surface area contributed by atoms with E-state index in [4.69, 9.17) is 5.73 Å². The number of carbonyl (C=O) groups is 1. The molecule has 0 radical (unpaired) electrons. The van der Waals surface area contributed by atoms with E-state index < -0.39 is 0 Å². The SMILES string of the molecule is CN(C)CCSc1nsc2sc(C(=O)c3ccccc3)c(N)c12. The van der Waals surface area contributed by atoms with Crippen LogP contribution in [0.4, 0.5) is 5.69 Å². The highest BCUT2D eigenvalue weighted by atomic mass is 32.2. The zero-order chi connectivity index (χ0) is 16.4. The minimum atomic E-state index is -0.0132. The molecule has 3 aromatic rings. The number of rotatable bonds is 6. The Morgan fingerprint density at radius 2 is 2.04 bits per heavy atom. The summed E-state index contributed by atoms with van der Waals surface area (Å²) in [6.07, 6.45) is 0. The molecule has 0 aliphatic carbocycles. The van der Waals surface area contributed by atoms with Crippen LogP contribution in [-0.2, 0) is 0 Å². The lowest BCUT2D eigenvalue weighted by molar-refractivity contribution is 0.104. The number of hydrogen-bond donors (Lipinski definition) is 1. The lowest BCUT2D eigenvalue weighted by Crippen LogP contribution is -2.14. The summed E-state index contributed by atoms with van der Waals surface area (Å²) >= 11 is 4.56. The number of benzene rings is 1. The van der Waals surface area contributed by atoms with Crippen LogP contribution in [0, 0.1) is 0 Å². The highest BCUT2D eigenvalue weighted by Gasteiger charge is 2.22. The zero-order valence-corrected chi connectivity index (χ0v) is 15.4. The first kappa shape index (κ1) is 16.4.